The Hall–Kier alpha value is -1.99. The van der Waals surface area contributed by atoms with Crippen LogP contribution in [0.3, 0.4) is 0 Å². The minimum atomic E-state index is 0.424. The lowest BCUT2D eigenvalue weighted by Gasteiger charge is -2.03. The zero-order chi connectivity index (χ0) is 13.9. The Morgan fingerprint density at radius 1 is 1.30 bits per heavy atom. The fraction of sp³-hybridized carbons (Fsp3) is 0.154. The average molecular weight is 304 g/mol. The Morgan fingerprint density at radius 3 is 2.95 bits per heavy atom. The van der Waals surface area contributed by atoms with E-state index in [4.69, 9.17) is 17.0 Å². The van der Waals surface area contributed by atoms with Crippen molar-refractivity contribution in [3.63, 3.8) is 0 Å². The molecule has 0 bridgehead atoms. The fourth-order valence-corrected chi connectivity index (χ4v) is 2.74. The molecule has 2 N–H and O–H groups in total. The molecule has 0 saturated carbocycles. The first-order valence-corrected chi connectivity index (χ1v) is 7.39. The second-order valence-corrected chi connectivity index (χ2v) is 5.26. The Kier molecular flexibility index (Phi) is 3.62. The van der Waals surface area contributed by atoms with Gasteiger partial charge in [0.05, 0.1) is 6.61 Å². The Morgan fingerprint density at radius 2 is 2.20 bits per heavy atom. The van der Waals surface area contributed by atoms with Crippen molar-refractivity contribution in [2.45, 2.75) is 6.92 Å². The van der Waals surface area contributed by atoms with Crippen molar-refractivity contribution in [3.8, 4) is 27.8 Å². The molecular weight excluding hydrogens is 292 g/mol. The summed E-state index contributed by atoms with van der Waals surface area (Å²) in [6.07, 6.45) is 0. The summed E-state index contributed by atoms with van der Waals surface area (Å²) in [5.74, 6) is 1.50. The second-order valence-electron chi connectivity index (χ2n) is 4.01. The van der Waals surface area contributed by atoms with E-state index < -0.39 is 0 Å². The number of thiazole rings is 1. The molecule has 1 aromatic carbocycles. The van der Waals surface area contributed by atoms with Gasteiger partial charge in [-0.25, -0.2) is 4.98 Å². The van der Waals surface area contributed by atoms with E-state index in [0.29, 0.717) is 17.2 Å². The quantitative estimate of drug-likeness (QED) is 0.722. The lowest BCUT2D eigenvalue weighted by Crippen LogP contribution is -1.91. The third-order valence-corrected chi connectivity index (χ3v) is 3.72. The predicted octanol–water partition coefficient (Wildman–Crippen LogP) is 3.66. The van der Waals surface area contributed by atoms with Gasteiger partial charge < -0.3 is 4.74 Å². The smallest absolute Gasteiger partial charge is 0.213 e. The number of rotatable bonds is 4. The molecule has 102 valence electrons. The zero-order valence-electron chi connectivity index (χ0n) is 10.7. The highest BCUT2D eigenvalue weighted by Crippen LogP contribution is 2.29. The van der Waals surface area contributed by atoms with Gasteiger partial charge in [0.1, 0.15) is 16.5 Å². The minimum Gasteiger partial charge on any atom is -0.494 e. The van der Waals surface area contributed by atoms with Crippen LogP contribution in [0.1, 0.15) is 6.92 Å². The van der Waals surface area contributed by atoms with Crippen LogP contribution >= 0.6 is 23.6 Å². The molecule has 2 aromatic heterocycles. The molecule has 0 unspecified atom stereocenters. The lowest BCUT2D eigenvalue weighted by molar-refractivity contribution is 0.340. The van der Waals surface area contributed by atoms with Crippen molar-refractivity contribution in [1.82, 2.24) is 20.2 Å². The molecule has 0 aliphatic rings. The topological polar surface area (TPSA) is 66.6 Å². The average Bonchev–Trinajstić information content (AvgIpc) is 3.08. The number of nitrogens with zero attached hydrogens (tertiary/aromatic N) is 2. The monoisotopic (exact) mass is 304 g/mol. The van der Waals surface area contributed by atoms with E-state index in [1.54, 1.807) is 11.3 Å². The van der Waals surface area contributed by atoms with Gasteiger partial charge >= 0.3 is 0 Å². The number of H-pyrrole nitrogens is 2. The molecule has 0 aliphatic carbocycles. The molecule has 3 aromatic rings. The summed E-state index contributed by atoms with van der Waals surface area (Å²) in [5, 5.41) is 8.53. The van der Waals surface area contributed by atoms with Crippen LogP contribution in [0, 0.1) is 4.77 Å². The van der Waals surface area contributed by atoms with E-state index in [-0.39, 0.29) is 0 Å². The molecule has 0 aliphatic heterocycles. The van der Waals surface area contributed by atoms with Gasteiger partial charge in [0.2, 0.25) is 4.77 Å². The fourth-order valence-electron chi connectivity index (χ4n) is 1.79. The van der Waals surface area contributed by atoms with Gasteiger partial charge in [-0.05, 0) is 31.3 Å². The van der Waals surface area contributed by atoms with Crippen LogP contribution in [0.15, 0.2) is 29.6 Å². The predicted molar refractivity (Wildman–Crippen MR) is 81.5 cm³/mol. The molecule has 0 fully saturated rings. The van der Waals surface area contributed by atoms with Gasteiger partial charge in [-0.3, -0.25) is 10.2 Å². The molecule has 5 nitrogen and oxygen atoms in total. The summed E-state index contributed by atoms with van der Waals surface area (Å²) in [7, 11) is 0. The van der Waals surface area contributed by atoms with E-state index in [9.17, 15) is 0 Å². The third-order valence-electron chi connectivity index (χ3n) is 2.64. The molecule has 20 heavy (non-hydrogen) atoms. The van der Waals surface area contributed by atoms with Crippen LogP contribution in [0.4, 0.5) is 0 Å². The highest BCUT2D eigenvalue weighted by molar-refractivity contribution is 7.71. The van der Waals surface area contributed by atoms with Crippen LogP contribution in [0.2, 0.25) is 0 Å². The Balaban J connectivity index is 1.93. The number of benzene rings is 1. The van der Waals surface area contributed by atoms with Crippen LogP contribution in [0.5, 0.6) is 5.75 Å². The maximum Gasteiger partial charge on any atom is 0.213 e. The standard InChI is InChI=1S/C13H12N4OS2/c1-2-18-9-5-3-4-8(6-9)12-14-10(7-20-12)11-15-13(19)17-16-11/h3-7H,2H2,1H3,(H2,15,16,17,19). The number of hydrogen-bond donors (Lipinski definition) is 2. The summed E-state index contributed by atoms with van der Waals surface area (Å²) in [5.41, 5.74) is 1.81. The molecule has 3 rings (SSSR count). The van der Waals surface area contributed by atoms with E-state index >= 15 is 0 Å². The van der Waals surface area contributed by atoms with Gasteiger partial charge in [-0.2, -0.15) is 4.98 Å². The van der Waals surface area contributed by atoms with Crippen LogP contribution in [-0.4, -0.2) is 26.8 Å². The molecule has 0 radical (unpaired) electrons. The minimum absolute atomic E-state index is 0.424. The van der Waals surface area contributed by atoms with Gasteiger partial charge in [-0.1, -0.05) is 12.1 Å². The first-order valence-electron chi connectivity index (χ1n) is 6.10. The van der Waals surface area contributed by atoms with Crippen molar-refractivity contribution in [3.05, 3.63) is 34.4 Å². The van der Waals surface area contributed by atoms with Crippen molar-refractivity contribution in [2.75, 3.05) is 6.61 Å². The van der Waals surface area contributed by atoms with Crippen LogP contribution < -0.4 is 4.74 Å². The van der Waals surface area contributed by atoms with Crippen LogP contribution in [0.25, 0.3) is 22.1 Å². The highest BCUT2D eigenvalue weighted by atomic mass is 32.1. The largest absolute Gasteiger partial charge is 0.494 e. The number of aromatic nitrogens is 4. The van der Waals surface area contributed by atoms with Gasteiger partial charge in [0, 0.05) is 10.9 Å². The number of nitrogens with one attached hydrogen (secondary N) is 2. The second kappa shape index (κ2) is 5.56. The highest BCUT2D eigenvalue weighted by Gasteiger charge is 2.09. The maximum absolute atomic E-state index is 5.50. The number of ether oxygens (including phenoxy) is 1. The van der Waals surface area contributed by atoms with Crippen molar-refractivity contribution in [2.24, 2.45) is 0 Å². The van der Waals surface area contributed by atoms with Gasteiger partial charge in [-0.15, -0.1) is 11.3 Å². The summed E-state index contributed by atoms with van der Waals surface area (Å²) >= 11 is 6.50. The van der Waals surface area contributed by atoms with Gasteiger partial charge in [0.15, 0.2) is 5.82 Å². The molecule has 0 saturated heterocycles. The Labute approximate surface area is 124 Å². The molecule has 0 amide bonds. The SMILES string of the molecule is CCOc1cccc(-c2nc(-c3nc(=S)[nH][nH]3)cs2)c1. The van der Waals surface area contributed by atoms with Gasteiger partial charge in [0.25, 0.3) is 0 Å². The summed E-state index contributed by atoms with van der Waals surface area (Å²) in [6.45, 7) is 2.62. The normalized spacial score (nSPS) is 10.7. The lowest BCUT2D eigenvalue weighted by atomic mass is 10.2. The number of aromatic amines is 2. The molecule has 2 heterocycles. The summed E-state index contributed by atoms with van der Waals surface area (Å²) < 4.78 is 5.93. The molecule has 0 atom stereocenters. The van der Waals surface area contributed by atoms with Crippen molar-refractivity contribution >= 4 is 23.6 Å². The van der Waals surface area contributed by atoms with Crippen molar-refractivity contribution in [1.29, 1.82) is 0 Å². The van der Waals surface area contributed by atoms with Crippen LogP contribution in [-0.2, 0) is 0 Å². The number of hydrogen-bond acceptors (Lipinski definition) is 5. The molecule has 7 heteroatoms. The first-order chi connectivity index (χ1) is 9.76. The zero-order valence-corrected chi connectivity index (χ0v) is 12.3. The van der Waals surface area contributed by atoms with E-state index in [1.165, 1.54) is 0 Å². The summed E-state index contributed by atoms with van der Waals surface area (Å²) in [6, 6.07) is 7.90. The molecule has 0 spiro atoms. The summed E-state index contributed by atoms with van der Waals surface area (Å²) in [4.78, 5) is 8.73. The van der Waals surface area contributed by atoms with Crippen molar-refractivity contribution < 1.29 is 4.74 Å². The molecular formula is C13H12N4OS2. The third kappa shape index (κ3) is 2.63. The van der Waals surface area contributed by atoms with E-state index in [1.807, 2.05) is 36.6 Å². The van der Waals surface area contributed by atoms with E-state index in [0.717, 1.165) is 22.0 Å². The maximum atomic E-state index is 5.50. The Bertz CT molecular complexity index is 774. The first kappa shape index (κ1) is 13.0. The van der Waals surface area contributed by atoms with E-state index in [2.05, 4.69) is 20.2 Å².